The van der Waals surface area contributed by atoms with Gasteiger partial charge in [-0.3, -0.25) is 0 Å². The Morgan fingerprint density at radius 2 is 1.70 bits per heavy atom. The van der Waals surface area contributed by atoms with E-state index < -0.39 is 0 Å². The van der Waals surface area contributed by atoms with Crippen molar-refractivity contribution in [2.75, 3.05) is 19.0 Å². The van der Waals surface area contributed by atoms with Crippen LogP contribution in [0.25, 0.3) is 0 Å². The Morgan fingerprint density at radius 3 is 2.30 bits per heavy atom. The van der Waals surface area contributed by atoms with Gasteiger partial charge < -0.3 is 15.0 Å². The Hall–Kier alpha value is -2.82. The van der Waals surface area contributed by atoms with Crippen LogP contribution in [0, 0.1) is 0 Å². The highest BCUT2D eigenvalue weighted by atomic mass is 16.5. The molecule has 2 aromatic carbocycles. The predicted molar refractivity (Wildman–Crippen MR) is 89.3 cm³/mol. The monoisotopic (exact) mass is 312 g/mol. The predicted octanol–water partition coefficient (Wildman–Crippen LogP) is 3.53. The lowest BCUT2D eigenvalue weighted by Crippen LogP contribution is -2.30. The summed E-state index contributed by atoms with van der Waals surface area (Å²) in [6, 6.07) is 16.2. The number of benzene rings is 2. The van der Waals surface area contributed by atoms with Crippen LogP contribution in [-0.4, -0.2) is 30.6 Å². The number of anilines is 1. The van der Waals surface area contributed by atoms with Gasteiger partial charge in [0.15, 0.2) is 0 Å². The highest BCUT2D eigenvalue weighted by molar-refractivity contribution is 5.92. The second kappa shape index (κ2) is 7.98. The summed E-state index contributed by atoms with van der Waals surface area (Å²) in [6.45, 7) is 2.62. The summed E-state index contributed by atoms with van der Waals surface area (Å²) in [4.78, 5) is 25.3. The summed E-state index contributed by atoms with van der Waals surface area (Å²) < 4.78 is 4.92. The number of amides is 2. The number of rotatable bonds is 5. The Kier molecular flexibility index (Phi) is 5.74. The Morgan fingerprint density at radius 1 is 1.04 bits per heavy atom. The van der Waals surface area contributed by atoms with Crippen LogP contribution in [-0.2, 0) is 11.3 Å². The Balaban J connectivity index is 1.93. The van der Waals surface area contributed by atoms with E-state index in [-0.39, 0.29) is 12.0 Å². The standard InChI is InChI=1S/C18H20N2O3/c1-3-23-17(21)15-9-11-16(12-10-15)19-18(22)20(2)13-14-7-5-4-6-8-14/h4-12H,3,13H2,1-2H3,(H,19,22). The summed E-state index contributed by atoms with van der Waals surface area (Å²) in [6.07, 6.45) is 0. The molecule has 0 fully saturated rings. The van der Waals surface area contributed by atoms with E-state index in [4.69, 9.17) is 4.74 Å². The van der Waals surface area contributed by atoms with Crippen molar-refractivity contribution in [2.45, 2.75) is 13.5 Å². The fraction of sp³-hybridized carbons (Fsp3) is 0.222. The second-order valence-electron chi connectivity index (χ2n) is 5.07. The topological polar surface area (TPSA) is 58.6 Å². The first-order chi connectivity index (χ1) is 11.1. The molecular weight excluding hydrogens is 292 g/mol. The first-order valence-electron chi connectivity index (χ1n) is 7.43. The number of hydrogen-bond acceptors (Lipinski definition) is 3. The van der Waals surface area contributed by atoms with Crippen molar-refractivity contribution in [2.24, 2.45) is 0 Å². The van der Waals surface area contributed by atoms with Gasteiger partial charge in [-0.05, 0) is 36.8 Å². The van der Waals surface area contributed by atoms with Crippen molar-refractivity contribution >= 4 is 17.7 Å². The van der Waals surface area contributed by atoms with E-state index >= 15 is 0 Å². The third kappa shape index (κ3) is 4.85. The fourth-order valence-corrected chi connectivity index (χ4v) is 2.05. The van der Waals surface area contributed by atoms with Crippen LogP contribution in [0.5, 0.6) is 0 Å². The average Bonchev–Trinajstić information content (AvgIpc) is 2.56. The summed E-state index contributed by atoms with van der Waals surface area (Å²) in [5.41, 5.74) is 2.15. The highest BCUT2D eigenvalue weighted by Gasteiger charge is 2.10. The fourth-order valence-electron chi connectivity index (χ4n) is 2.05. The molecule has 5 nitrogen and oxygen atoms in total. The molecule has 0 saturated heterocycles. The molecule has 0 unspecified atom stereocenters. The molecule has 0 aliphatic carbocycles. The van der Waals surface area contributed by atoms with Gasteiger partial charge in [-0.2, -0.15) is 0 Å². The molecule has 1 N–H and O–H groups in total. The second-order valence-corrected chi connectivity index (χ2v) is 5.07. The first-order valence-corrected chi connectivity index (χ1v) is 7.43. The van der Waals surface area contributed by atoms with Crippen LogP contribution in [0.4, 0.5) is 10.5 Å². The number of ether oxygens (including phenoxy) is 1. The number of esters is 1. The largest absolute Gasteiger partial charge is 0.462 e. The summed E-state index contributed by atoms with van der Waals surface area (Å²) >= 11 is 0. The quantitative estimate of drug-likeness (QED) is 0.859. The summed E-state index contributed by atoms with van der Waals surface area (Å²) in [5.74, 6) is -0.369. The van der Waals surface area contributed by atoms with E-state index in [1.807, 2.05) is 30.3 Å². The average molecular weight is 312 g/mol. The number of nitrogens with one attached hydrogen (secondary N) is 1. The minimum atomic E-state index is -0.369. The van der Waals surface area contributed by atoms with Crippen molar-refractivity contribution < 1.29 is 14.3 Å². The molecular formula is C18H20N2O3. The van der Waals surface area contributed by atoms with Gasteiger partial charge in [-0.25, -0.2) is 9.59 Å². The summed E-state index contributed by atoms with van der Waals surface area (Å²) in [7, 11) is 1.73. The lowest BCUT2D eigenvalue weighted by Gasteiger charge is -2.18. The molecule has 0 atom stereocenters. The molecule has 0 spiro atoms. The molecule has 0 aliphatic rings. The van der Waals surface area contributed by atoms with E-state index in [1.165, 1.54) is 0 Å². The minimum Gasteiger partial charge on any atom is -0.462 e. The van der Waals surface area contributed by atoms with Crippen LogP contribution >= 0.6 is 0 Å². The molecule has 0 saturated carbocycles. The molecule has 2 rings (SSSR count). The van der Waals surface area contributed by atoms with Gasteiger partial charge in [0.05, 0.1) is 12.2 Å². The minimum absolute atomic E-state index is 0.210. The van der Waals surface area contributed by atoms with E-state index in [0.717, 1.165) is 5.56 Å². The zero-order chi connectivity index (χ0) is 16.7. The van der Waals surface area contributed by atoms with Gasteiger partial charge in [0.2, 0.25) is 0 Å². The Bertz CT molecular complexity index is 654. The molecule has 120 valence electrons. The maximum atomic E-state index is 12.2. The molecule has 0 radical (unpaired) electrons. The van der Waals surface area contributed by atoms with Crippen LogP contribution in [0.2, 0.25) is 0 Å². The molecule has 0 aliphatic heterocycles. The number of urea groups is 1. The number of carbonyl (C=O) groups excluding carboxylic acids is 2. The lowest BCUT2D eigenvalue weighted by molar-refractivity contribution is 0.0526. The van der Waals surface area contributed by atoms with Crippen LogP contribution in [0.1, 0.15) is 22.8 Å². The molecule has 0 bridgehead atoms. The van der Waals surface area contributed by atoms with E-state index in [2.05, 4.69) is 5.32 Å². The smallest absolute Gasteiger partial charge is 0.338 e. The number of nitrogens with zero attached hydrogens (tertiary/aromatic N) is 1. The third-order valence-corrected chi connectivity index (χ3v) is 3.26. The normalized spacial score (nSPS) is 10.0. The van der Waals surface area contributed by atoms with Gasteiger partial charge >= 0.3 is 12.0 Å². The van der Waals surface area contributed by atoms with Gasteiger partial charge in [0.1, 0.15) is 0 Å². The van der Waals surface area contributed by atoms with Gasteiger partial charge in [0, 0.05) is 19.3 Å². The molecule has 2 amide bonds. The molecule has 0 aromatic heterocycles. The van der Waals surface area contributed by atoms with Crippen LogP contribution in [0.15, 0.2) is 54.6 Å². The summed E-state index contributed by atoms with van der Waals surface area (Å²) in [5, 5.41) is 2.79. The molecule has 23 heavy (non-hydrogen) atoms. The van der Waals surface area contributed by atoms with Gasteiger partial charge in [-0.1, -0.05) is 30.3 Å². The highest BCUT2D eigenvalue weighted by Crippen LogP contribution is 2.12. The third-order valence-electron chi connectivity index (χ3n) is 3.26. The van der Waals surface area contributed by atoms with E-state index in [0.29, 0.717) is 24.4 Å². The lowest BCUT2D eigenvalue weighted by atomic mass is 10.2. The van der Waals surface area contributed by atoms with Crippen molar-refractivity contribution in [1.82, 2.24) is 4.90 Å². The zero-order valence-electron chi connectivity index (χ0n) is 13.3. The molecule has 5 heteroatoms. The zero-order valence-corrected chi connectivity index (χ0v) is 13.3. The number of carbonyl (C=O) groups is 2. The van der Waals surface area contributed by atoms with Crippen LogP contribution < -0.4 is 5.32 Å². The molecule has 0 heterocycles. The van der Waals surface area contributed by atoms with Crippen molar-refractivity contribution in [3.63, 3.8) is 0 Å². The number of hydrogen-bond donors (Lipinski definition) is 1. The van der Waals surface area contributed by atoms with E-state index in [1.54, 1.807) is 43.1 Å². The maximum Gasteiger partial charge on any atom is 0.338 e. The maximum absolute atomic E-state index is 12.2. The van der Waals surface area contributed by atoms with Gasteiger partial charge in [0.25, 0.3) is 0 Å². The first kappa shape index (κ1) is 16.5. The van der Waals surface area contributed by atoms with Gasteiger partial charge in [-0.15, -0.1) is 0 Å². The molecule has 2 aromatic rings. The SMILES string of the molecule is CCOC(=O)c1ccc(NC(=O)N(C)Cc2ccccc2)cc1. The van der Waals surface area contributed by atoms with Crippen molar-refractivity contribution in [1.29, 1.82) is 0 Å². The Labute approximate surface area is 135 Å². The van der Waals surface area contributed by atoms with Crippen molar-refractivity contribution in [3.05, 3.63) is 65.7 Å². The van der Waals surface area contributed by atoms with Crippen molar-refractivity contribution in [3.8, 4) is 0 Å². The van der Waals surface area contributed by atoms with E-state index in [9.17, 15) is 9.59 Å². The van der Waals surface area contributed by atoms with Crippen LogP contribution in [0.3, 0.4) is 0 Å².